The fraction of sp³-hybridized carbons (Fsp3) is 0.600. The van der Waals surface area contributed by atoms with Crippen LogP contribution in [-0.4, -0.2) is 31.0 Å². The number of hydrogen-bond acceptors (Lipinski definition) is 4. The van der Waals surface area contributed by atoms with Crippen LogP contribution in [0.5, 0.6) is 0 Å². The standard InChI is InChI=1S/C5H6N4O3/c10-4-8(3-1-2-3)6-7-9(4)5(11)12/h3H,1-2H2,(H,11,12). The van der Waals surface area contributed by atoms with E-state index in [9.17, 15) is 9.59 Å². The monoisotopic (exact) mass is 170 g/mol. The first-order chi connectivity index (χ1) is 5.70. The first kappa shape index (κ1) is 7.01. The Balaban J connectivity index is 2.46. The Morgan fingerprint density at radius 1 is 1.50 bits per heavy atom. The molecule has 2 rings (SSSR count). The topological polar surface area (TPSA) is 90.0 Å². The van der Waals surface area contributed by atoms with Crippen LogP contribution in [0.25, 0.3) is 0 Å². The molecule has 0 amide bonds. The molecule has 1 heterocycles. The van der Waals surface area contributed by atoms with Crippen molar-refractivity contribution in [3.63, 3.8) is 0 Å². The SMILES string of the molecule is O=C(O)n1nnn(C2CC2)c1=O. The Labute approximate surface area is 66.2 Å². The minimum atomic E-state index is -1.40. The van der Waals surface area contributed by atoms with Gasteiger partial charge in [0.1, 0.15) is 0 Å². The molecule has 1 fully saturated rings. The predicted octanol–water partition coefficient (Wildman–Crippen LogP) is -0.699. The van der Waals surface area contributed by atoms with Gasteiger partial charge < -0.3 is 5.11 Å². The highest BCUT2D eigenvalue weighted by molar-refractivity contribution is 5.65. The number of hydrogen-bond donors (Lipinski definition) is 1. The smallest absolute Gasteiger partial charge is 0.438 e. The van der Waals surface area contributed by atoms with Gasteiger partial charge in [0.25, 0.3) is 0 Å². The van der Waals surface area contributed by atoms with E-state index in [1.54, 1.807) is 0 Å². The van der Waals surface area contributed by atoms with Crippen LogP contribution in [0.1, 0.15) is 18.9 Å². The Morgan fingerprint density at radius 2 is 2.17 bits per heavy atom. The zero-order chi connectivity index (χ0) is 8.72. The molecule has 1 saturated carbocycles. The zero-order valence-corrected chi connectivity index (χ0v) is 6.04. The van der Waals surface area contributed by atoms with Crippen molar-refractivity contribution >= 4 is 6.09 Å². The summed E-state index contributed by atoms with van der Waals surface area (Å²) >= 11 is 0. The van der Waals surface area contributed by atoms with E-state index in [0.29, 0.717) is 4.68 Å². The molecule has 1 N–H and O–H groups in total. The van der Waals surface area contributed by atoms with Crippen LogP contribution in [0.15, 0.2) is 4.79 Å². The minimum absolute atomic E-state index is 0.0607. The van der Waals surface area contributed by atoms with E-state index < -0.39 is 11.8 Å². The number of carboxylic acid groups (broad SMARTS) is 1. The maximum Gasteiger partial charge on any atom is 0.438 e. The molecule has 1 aromatic heterocycles. The fourth-order valence-electron chi connectivity index (χ4n) is 0.925. The Kier molecular flexibility index (Phi) is 1.26. The van der Waals surface area contributed by atoms with Gasteiger partial charge in [0.2, 0.25) is 0 Å². The van der Waals surface area contributed by atoms with Gasteiger partial charge in [-0.05, 0) is 23.3 Å². The highest BCUT2D eigenvalue weighted by Gasteiger charge is 2.28. The number of carbonyl (C=O) groups is 1. The molecule has 0 aromatic carbocycles. The fourth-order valence-corrected chi connectivity index (χ4v) is 0.925. The molecule has 0 radical (unpaired) electrons. The summed E-state index contributed by atoms with van der Waals surface area (Å²) in [5.74, 6) is 0. The van der Waals surface area contributed by atoms with Crippen molar-refractivity contribution in [1.82, 2.24) is 19.8 Å². The summed E-state index contributed by atoms with van der Waals surface area (Å²) < 4.78 is 1.44. The summed E-state index contributed by atoms with van der Waals surface area (Å²) in [6.45, 7) is 0. The molecule has 1 aromatic rings. The summed E-state index contributed by atoms with van der Waals surface area (Å²) in [6, 6.07) is 0.0607. The number of nitrogens with zero attached hydrogens (tertiary/aromatic N) is 4. The van der Waals surface area contributed by atoms with E-state index in [1.807, 2.05) is 0 Å². The lowest BCUT2D eigenvalue weighted by Gasteiger charge is -1.88. The van der Waals surface area contributed by atoms with E-state index >= 15 is 0 Å². The molecular weight excluding hydrogens is 164 g/mol. The second-order valence-electron chi connectivity index (χ2n) is 2.63. The predicted molar refractivity (Wildman–Crippen MR) is 36.0 cm³/mol. The van der Waals surface area contributed by atoms with Gasteiger partial charge in [0.05, 0.1) is 6.04 Å². The molecular formula is C5H6N4O3. The van der Waals surface area contributed by atoms with Gasteiger partial charge in [-0.1, -0.05) is 4.68 Å². The molecule has 1 aliphatic rings. The molecule has 0 atom stereocenters. The van der Waals surface area contributed by atoms with Gasteiger partial charge in [-0.15, -0.1) is 0 Å². The molecule has 0 spiro atoms. The molecule has 0 bridgehead atoms. The third-order valence-corrected chi connectivity index (χ3v) is 1.68. The Bertz CT molecular complexity index is 374. The summed E-state index contributed by atoms with van der Waals surface area (Å²) in [5.41, 5.74) is -0.676. The lowest BCUT2D eigenvalue weighted by molar-refractivity contribution is 0.191. The summed E-state index contributed by atoms with van der Waals surface area (Å²) in [4.78, 5) is 21.4. The zero-order valence-electron chi connectivity index (χ0n) is 6.04. The molecule has 12 heavy (non-hydrogen) atoms. The highest BCUT2D eigenvalue weighted by atomic mass is 16.4. The van der Waals surface area contributed by atoms with Gasteiger partial charge in [-0.3, -0.25) is 0 Å². The van der Waals surface area contributed by atoms with Gasteiger partial charge in [-0.25, -0.2) is 9.59 Å². The largest absolute Gasteiger partial charge is 0.463 e. The number of rotatable bonds is 1. The van der Waals surface area contributed by atoms with Crippen molar-refractivity contribution < 1.29 is 9.90 Å². The van der Waals surface area contributed by atoms with E-state index in [-0.39, 0.29) is 6.04 Å². The van der Waals surface area contributed by atoms with Gasteiger partial charge in [0, 0.05) is 0 Å². The maximum atomic E-state index is 11.1. The highest BCUT2D eigenvalue weighted by Crippen LogP contribution is 2.32. The Hall–Kier alpha value is -1.66. The normalized spacial score (nSPS) is 16.3. The average molecular weight is 170 g/mol. The third-order valence-electron chi connectivity index (χ3n) is 1.68. The van der Waals surface area contributed by atoms with E-state index in [0.717, 1.165) is 17.5 Å². The number of aromatic nitrogens is 4. The molecule has 1 aliphatic carbocycles. The maximum absolute atomic E-state index is 11.1. The number of tetrazole rings is 1. The molecule has 0 saturated heterocycles. The first-order valence-corrected chi connectivity index (χ1v) is 3.48. The van der Waals surface area contributed by atoms with Crippen LogP contribution in [-0.2, 0) is 0 Å². The van der Waals surface area contributed by atoms with Crippen molar-refractivity contribution in [1.29, 1.82) is 0 Å². The quantitative estimate of drug-likeness (QED) is 0.563. The second-order valence-corrected chi connectivity index (χ2v) is 2.63. The van der Waals surface area contributed by atoms with Crippen molar-refractivity contribution in [3.05, 3.63) is 10.5 Å². The minimum Gasteiger partial charge on any atom is -0.463 e. The van der Waals surface area contributed by atoms with Crippen molar-refractivity contribution in [2.75, 3.05) is 0 Å². The van der Waals surface area contributed by atoms with Crippen LogP contribution in [0.2, 0.25) is 0 Å². The average Bonchev–Trinajstić information content (AvgIpc) is 2.75. The van der Waals surface area contributed by atoms with E-state index in [1.165, 1.54) is 0 Å². The summed E-state index contributed by atoms with van der Waals surface area (Å²) in [6.07, 6.45) is 0.350. The first-order valence-electron chi connectivity index (χ1n) is 3.48. The van der Waals surface area contributed by atoms with Gasteiger partial charge >= 0.3 is 11.8 Å². The third kappa shape index (κ3) is 0.900. The van der Waals surface area contributed by atoms with E-state index in [2.05, 4.69) is 10.4 Å². The Morgan fingerprint density at radius 3 is 2.58 bits per heavy atom. The van der Waals surface area contributed by atoms with Crippen LogP contribution in [0, 0.1) is 0 Å². The lowest BCUT2D eigenvalue weighted by Crippen LogP contribution is -2.28. The van der Waals surface area contributed by atoms with Crippen molar-refractivity contribution in [3.8, 4) is 0 Å². The van der Waals surface area contributed by atoms with Crippen LogP contribution >= 0.6 is 0 Å². The molecule has 7 nitrogen and oxygen atoms in total. The van der Waals surface area contributed by atoms with Crippen LogP contribution in [0.4, 0.5) is 4.79 Å². The van der Waals surface area contributed by atoms with E-state index in [4.69, 9.17) is 5.11 Å². The van der Waals surface area contributed by atoms with Crippen molar-refractivity contribution in [2.45, 2.75) is 18.9 Å². The molecule has 7 heteroatoms. The van der Waals surface area contributed by atoms with Crippen LogP contribution < -0.4 is 5.69 Å². The lowest BCUT2D eigenvalue weighted by atomic mass is 10.7. The second kappa shape index (κ2) is 2.16. The van der Waals surface area contributed by atoms with Crippen LogP contribution in [0.3, 0.4) is 0 Å². The molecule has 0 aliphatic heterocycles. The summed E-state index contributed by atoms with van der Waals surface area (Å²) in [7, 11) is 0. The molecule has 64 valence electrons. The van der Waals surface area contributed by atoms with Gasteiger partial charge in [-0.2, -0.15) is 4.68 Å². The summed E-state index contributed by atoms with van der Waals surface area (Å²) in [5, 5.41) is 15.1. The molecule has 0 unspecified atom stereocenters. The van der Waals surface area contributed by atoms with Crippen molar-refractivity contribution in [2.24, 2.45) is 0 Å². The van der Waals surface area contributed by atoms with Gasteiger partial charge in [0.15, 0.2) is 0 Å².